The van der Waals surface area contributed by atoms with Crippen LogP contribution in [0.4, 0.5) is 10.5 Å². The Hall–Kier alpha value is -2.24. The molecule has 1 aromatic rings. The molecule has 1 fully saturated rings. The minimum Gasteiger partial charge on any atom is -0.291 e. The highest BCUT2D eigenvalue weighted by atomic mass is 16.2. The second kappa shape index (κ2) is 4.32. The molecule has 17 heavy (non-hydrogen) atoms. The van der Waals surface area contributed by atoms with Gasteiger partial charge >= 0.3 is 6.03 Å². The van der Waals surface area contributed by atoms with E-state index in [0.29, 0.717) is 18.1 Å². The van der Waals surface area contributed by atoms with Gasteiger partial charge in [0.15, 0.2) is 5.82 Å². The number of hydrogen-bond donors (Lipinski definition) is 1. The zero-order valence-corrected chi connectivity index (χ0v) is 9.43. The zero-order chi connectivity index (χ0) is 12.4. The van der Waals surface area contributed by atoms with Crippen LogP contribution in [0.25, 0.3) is 5.57 Å². The summed E-state index contributed by atoms with van der Waals surface area (Å²) in [6.45, 7) is 5.88. The van der Waals surface area contributed by atoms with Crippen LogP contribution in [0.1, 0.15) is 19.2 Å². The van der Waals surface area contributed by atoms with Gasteiger partial charge in [0, 0.05) is 13.0 Å². The summed E-state index contributed by atoms with van der Waals surface area (Å²) in [7, 11) is 0. The van der Waals surface area contributed by atoms with E-state index in [1.54, 1.807) is 19.3 Å². The number of rotatable bonds is 2. The number of nitrogens with zero attached hydrogens (tertiary/aromatic N) is 3. The van der Waals surface area contributed by atoms with Gasteiger partial charge in [0.2, 0.25) is 5.91 Å². The van der Waals surface area contributed by atoms with Crippen molar-refractivity contribution >= 4 is 23.2 Å². The fourth-order valence-electron chi connectivity index (χ4n) is 1.49. The Bertz CT molecular complexity index is 481. The van der Waals surface area contributed by atoms with Crippen LogP contribution in [0.5, 0.6) is 0 Å². The van der Waals surface area contributed by atoms with Crippen molar-refractivity contribution in [1.82, 2.24) is 15.3 Å². The molecule has 2 heterocycles. The molecule has 0 atom stereocenters. The molecule has 0 aliphatic carbocycles. The summed E-state index contributed by atoms with van der Waals surface area (Å²) >= 11 is 0. The van der Waals surface area contributed by atoms with Crippen molar-refractivity contribution in [3.8, 4) is 0 Å². The van der Waals surface area contributed by atoms with Gasteiger partial charge in [-0.25, -0.2) is 14.8 Å². The van der Waals surface area contributed by atoms with Crippen molar-refractivity contribution in [1.29, 1.82) is 0 Å². The second-order valence-corrected chi connectivity index (χ2v) is 3.80. The van der Waals surface area contributed by atoms with E-state index in [-0.39, 0.29) is 12.3 Å². The van der Waals surface area contributed by atoms with Crippen LogP contribution in [0.15, 0.2) is 19.0 Å². The van der Waals surface area contributed by atoms with E-state index in [1.165, 1.54) is 4.90 Å². The quantitative estimate of drug-likeness (QED) is 0.823. The van der Waals surface area contributed by atoms with Gasteiger partial charge in [0.1, 0.15) is 0 Å². The van der Waals surface area contributed by atoms with E-state index in [0.717, 1.165) is 5.57 Å². The molecule has 0 aromatic carbocycles. The monoisotopic (exact) mass is 232 g/mol. The van der Waals surface area contributed by atoms with Crippen LogP contribution < -0.4 is 10.2 Å². The third kappa shape index (κ3) is 2.30. The fraction of sp³-hybridized carbons (Fsp3) is 0.273. The lowest BCUT2D eigenvalue weighted by Gasteiger charge is -2.25. The summed E-state index contributed by atoms with van der Waals surface area (Å²) in [4.78, 5) is 32.2. The predicted molar refractivity (Wildman–Crippen MR) is 62.2 cm³/mol. The number of carbonyl (C=O) groups is 2. The molecule has 1 saturated heterocycles. The smallest absolute Gasteiger partial charge is 0.291 e. The second-order valence-electron chi connectivity index (χ2n) is 3.80. The van der Waals surface area contributed by atoms with Crippen LogP contribution in [-0.4, -0.2) is 28.5 Å². The summed E-state index contributed by atoms with van der Waals surface area (Å²) in [6, 6.07) is -0.437. The largest absolute Gasteiger partial charge is 0.328 e. The van der Waals surface area contributed by atoms with Gasteiger partial charge in [0.25, 0.3) is 0 Å². The Morgan fingerprint density at radius 2 is 2.06 bits per heavy atom. The van der Waals surface area contributed by atoms with Gasteiger partial charge in [-0.1, -0.05) is 6.58 Å². The topological polar surface area (TPSA) is 75.2 Å². The average molecular weight is 232 g/mol. The Kier molecular flexibility index (Phi) is 2.86. The molecule has 0 saturated carbocycles. The van der Waals surface area contributed by atoms with Crippen molar-refractivity contribution in [3.63, 3.8) is 0 Å². The highest BCUT2D eigenvalue weighted by Crippen LogP contribution is 2.15. The van der Waals surface area contributed by atoms with E-state index in [1.807, 2.05) is 0 Å². The number of nitrogens with one attached hydrogen (secondary N) is 1. The first kappa shape index (κ1) is 11.3. The molecule has 2 rings (SSSR count). The highest BCUT2D eigenvalue weighted by molar-refractivity contribution is 6.05. The minimum atomic E-state index is -0.437. The fourth-order valence-corrected chi connectivity index (χ4v) is 1.49. The molecule has 0 radical (unpaired) electrons. The van der Waals surface area contributed by atoms with E-state index >= 15 is 0 Å². The highest BCUT2D eigenvalue weighted by Gasteiger charge is 2.24. The van der Waals surface area contributed by atoms with Crippen molar-refractivity contribution in [3.05, 3.63) is 24.8 Å². The number of allylic oxidation sites excluding steroid dienone is 1. The number of imide groups is 1. The van der Waals surface area contributed by atoms with Gasteiger partial charge in [-0.3, -0.25) is 15.0 Å². The zero-order valence-electron chi connectivity index (χ0n) is 9.43. The molecule has 6 nitrogen and oxygen atoms in total. The molecule has 3 amide bonds. The average Bonchev–Trinajstić information content (AvgIpc) is 2.29. The number of hydrogen-bond acceptors (Lipinski definition) is 4. The SMILES string of the molecule is C=C(C)c1ncc(N2CCC(=O)NC2=O)cn1. The molecule has 0 bridgehead atoms. The molecule has 1 aliphatic rings. The third-order valence-electron chi connectivity index (χ3n) is 2.39. The molecule has 88 valence electrons. The van der Waals surface area contributed by atoms with Crippen molar-refractivity contribution < 1.29 is 9.59 Å². The maximum absolute atomic E-state index is 11.5. The number of aromatic nitrogens is 2. The third-order valence-corrected chi connectivity index (χ3v) is 2.39. The summed E-state index contributed by atoms with van der Waals surface area (Å²) in [5.74, 6) is 0.285. The van der Waals surface area contributed by atoms with Gasteiger partial charge in [-0.05, 0) is 12.5 Å². The molecule has 1 aromatic heterocycles. The first-order valence-electron chi connectivity index (χ1n) is 5.17. The predicted octanol–water partition coefficient (Wildman–Crippen LogP) is 0.956. The maximum atomic E-state index is 11.5. The standard InChI is InChI=1S/C11H12N4O2/c1-7(2)10-12-5-8(6-13-10)15-4-3-9(16)14-11(15)17/h5-6H,1,3-4H2,2H3,(H,14,16,17). The molecule has 1 aliphatic heterocycles. The Morgan fingerprint density at radius 1 is 1.41 bits per heavy atom. The lowest BCUT2D eigenvalue weighted by molar-refractivity contribution is -0.120. The van der Waals surface area contributed by atoms with Gasteiger partial charge in [-0.2, -0.15) is 0 Å². The normalized spacial score (nSPS) is 15.7. The van der Waals surface area contributed by atoms with Crippen molar-refractivity contribution in [2.45, 2.75) is 13.3 Å². The first-order chi connectivity index (χ1) is 8.08. The molecule has 1 N–H and O–H groups in total. The summed E-state index contributed by atoms with van der Waals surface area (Å²) in [5.41, 5.74) is 1.33. The number of anilines is 1. The first-order valence-corrected chi connectivity index (χ1v) is 5.17. The van der Waals surface area contributed by atoms with Crippen LogP contribution in [0.3, 0.4) is 0 Å². The molecule has 0 spiro atoms. The van der Waals surface area contributed by atoms with Crippen molar-refractivity contribution in [2.24, 2.45) is 0 Å². The van der Waals surface area contributed by atoms with Crippen LogP contribution in [0.2, 0.25) is 0 Å². The lowest BCUT2D eigenvalue weighted by Crippen LogP contribution is -2.49. The van der Waals surface area contributed by atoms with E-state index in [4.69, 9.17) is 0 Å². The summed E-state index contributed by atoms with van der Waals surface area (Å²) < 4.78 is 0. The van der Waals surface area contributed by atoms with E-state index in [9.17, 15) is 9.59 Å². The molecule has 0 unspecified atom stereocenters. The maximum Gasteiger partial charge on any atom is 0.328 e. The lowest BCUT2D eigenvalue weighted by atomic mass is 10.3. The van der Waals surface area contributed by atoms with Crippen LogP contribution >= 0.6 is 0 Å². The van der Waals surface area contributed by atoms with Gasteiger partial charge < -0.3 is 0 Å². The number of carbonyl (C=O) groups excluding carboxylic acids is 2. The molecular weight excluding hydrogens is 220 g/mol. The van der Waals surface area contributed by atoms with E-state index < -0.39 is 6.03 Å². The van der Waals surface area contributed by atoms with Crippen LogP contribution in [0, 0.1) is 0 Å². The molecular formula is C11H12N4O2. The van der Waals surface area contributed by atoms with E-state index in [2.05, 4.69) is 21.9 Å². The van der Waals surface area contributed by atoms with Crippen molar-refractivity contribution in [2.75, 3.05) is 11.4 Å². The summed E-state index contributed by atoms with van der Waals surface area (Å²) in [5, 5.41) is 2.24. The van der Waals surface area contributed by atoms with Gasteiger partial charge in [-0.15, -0.1) is 0 Å². The Balaban J connectivity index is 2.20. The van der Waals surface area contributed by atoms with Gasteiger partial charge in [0.05, 0.1) is 18.1 Å². The number of amides is 3. The summed E-state index contributed by atoms with van der Waals surface area (Å²) in [6.07, 6.45) is 3.38. The Labute approximate surface area is 98.4 Å². The minimum absolute atomic E-state index is 0.259. The number of urea groups is 1. The molecule has 6 heteroatoms. The Morgan fingerprint density at radius 3 is 2.59 bits per heavy atom. The van der Waals surface area contributed by atoms with Crippen LogP contribution in [-0.2, 0) is 4.79 Å².